The molecule has 0 aliphatic heterocycles. The number of aliphatic carboxylic acids is 1. The van der Waals surface area contributed by atoms with Crippen LogP contribution in [0.2, 0.25) is 0 Å². The van der Waals surface area contributed by atoms with Gasteiger partial charge in [-0.2, -0.15) is 0 Å². The zero-order chi connectivity index (χ0) is 18.2. The number of carboxylic acids is 1. The molecule has 0 amide bonds. The maximum Gasteiger partial charge on any atom is 0.303 e. The second-order valence-electron chi connectivity index (χ2n) is 7.51. The Morgan fingerprint density at radius 1 is 1.32 bits per heavy atom. The van der Waals surface area contributed by atoms with Crippen molar-refractivity contribution in [3.05, 3.63) is 11.6 Å². The van der Waals surface area contributed by atoms with Crippen molar-refractivity contribution >= 4 is 5.97 Å². The first-order valence-electron chi connectivity index (χ1n) is 9.80. The number of rotatable bonds is 8. The maximum absolute atomic E-state index is 10.6. The van der Waals surface area contributed by atoms with Crippen LogP contribution in [-0.2, 0) is 4.79 Å². The Kier molecular flexibility index (Phi) is 7.99. The zero-order valence-corrected chi connectivity index (χ0v) is 15.3. The summed E-state index contributed by atoms with van der Waals surface area (Å²) >= 11 is 0. The second-order valence-corrected chi connectivity index (χ2v) is 7.51. The summed E-state index contributed by atoms with van der Waals surface area (Å²) in [5, 5.41) is 29.1. The number of fused-ring (bicyclic) bond motifs is 1. The summed E-state index contributed by atoms with van der Waals surface area (Å²) < 4.78 is 0. The van der Waals surface area contributed by atoms with Gasteiger partial charge in [0.2, 0.25) is 0 Å². The fourth-order valence-corrected chi connectivity index (χ4v) is 4.12. The molecule has 2 aliphatic carbocycles. The Morgan fingerprint density at radius 2 is 2.12 bits per heavy atom. The Labute approximate surface area is 151 Å². The molecule has 5 atom stereocenters. The predicted molar refractivity (Wildman–Crippen MR) is 97.8 cm³/mol. The van der Waals surface area contributed by atoms with E-state index in [1.54, 1.807) is 0 Å². The van der Waals surface area contributed by atoms with Gasteiger partial charge in [0.1, 0.15) is 6.10 Å². The summed E-state index contributed by atoms with van der Waals surface area (Å²) in [4.78, 5) is 10.6. The van der Waals surface area contributed by atoms with Crippen LogP contribution in [0, 0.1) is 29.6 Å². The Morgan fingerprint density at radius 3 is 2.84 bits per heavy atom. The molecular weight excluding hydrogens is 316 g/mol. The van der Waals surface area contributed by atoms with Gasteiger partial charge < -0.3 is 15.3 Å². The normalized spacial score (nSPS) is 30.8. The summed E-state index contributed by atoms with van der Waals surface area (Å²) in [6, 6.07) is 0. The Bertz CT molecular complexity index is 528. The van der Waals surface area contributed by atoms with E-state index in [9.17, 15) is 15.0 Å². The minimum atomic E-state index is -0.761. The van der Waals surface area contributed by atoms with Crippen molar-refractivity contribution in [1.82, 2.24) is 0 Å². The fourth-order valence-electron chi connectivity index (χ4n) is 4.12. The van der Waals surface area contributed by atoms with Gasteiger partial charge in [0, 0.05) is 6.42 Å². The lowest BCUT2D eigenvalue weighted by Gasteiger charge is -2.48. The quantitative estimate of drug-likeness (QED) is 0.356. The number of hydrogen-bond acceptors (Lipinski definition) is 3. The smallest absolute Gasteiger partial charge is 0.303 e. The van der Waals surface area contributed by atoms with Gasteiger partial charge >= 0.3 is 5.97 Å². The van der Waals surface area contributed by atoms with Gasteiger partial charge in [-0.05, 0) is 50.4 Å². The molecule has 25 heavy (non-hydrogen) atoms. The van der Waals surface area contributed by atoms with E-state index in [1.807, 2.05) is 0 Å². The number of aliphatic hydroxyl groups excluding tert-OH is 2. The van der Waals surface area contributed by atoms with Crippen LogP contribution in [0.1, 0.15) is 71.1 Å². The summed E-state index contributed by atoms with van der Waals surface area (Å²) in [6.45, 7) is 2.17. The van der Waals surface area contributed by atoms with E-state index >= 15 is 0 Å². The highest BCUT2D eigenvalue weighted by molar-refractivity contribution is 5.66. The highest BCUT2D eigenvalue weighted by Gasteiger charge is 2.46. The van der Waals surface area contributed by atoms with E-state index in [4.69, 9.17) is 5.11 Å². The second kappa shape index (κ2) is 9.99. The lowest BCUT2D eigenvalue weighted by molar-refractivity contribution is -0.136. The van der Waals surface area contributed by atoms with Gasteiger partial charge in [-0.15, -0.1) is 0 Å². The summed E-state index contributed by atoms with van der Waals surface area (Å²) in [5.41, 5.74) is 1.34. The Balaban J connectivity index is 1.85. The molecule has 2 aliphatic rings. The third-order valence-corrected chi connectivity index (χ3v) is 5.63. The van der Waals surface area contributed by atoms with Crippen molar-refractivity contribution in [1.29, 1.82) is 0 Å². The third kappa shape index (κ3) is 5.87. The van der Waals surface area contributed by atoms with Gasteiger partial charge in [0.25, 0.3) is 0 Å². The molecule has 4 heteroatoms. The van der Waals surface area contributed by atoms with Crippen LogP contribution in [0.25, 0.3) is 0 Å². The van der Waals surface area contributed by atoms with Crippen LogP contribution in [-0.4, -0.2) is 33.5 Å². The highest BCUT2D eigenvalue weighted by atomic mass is 16.4. The van der Waals surface area contributed by atoms with E-state index in [-0.39, 0.29) is 12.3 Å². The van der Waals surface area contributed by atoms with Crippen LogP contribution in [0.5, 0.6) is 0 Å². The van der Waals surface area contributed by atoms with Crippen molar-refractivity contribution in [3.63, 3.8) is 0 Å². The third-order valence-electron chi connectivity index (χ3n) is 5.63. The van der Waals surface area contributed by atoms with Crippen molar-refractivity contribution < 1.29 is 20.1 Å². The van der Waals surface area contributed by atoms with Crippen molar-refractivity contribution in [2.75, 3.05) is 0 Å². The molecule has 1 unspecified atom stereocenters. The molecule has 3 N–H and O–H groups in total. The minimum Gasteiger partial charge on any atom is -0.481 e. The van der Waals surface area contributed by atoms with E-state index in [1.165, 1.54) is 18.4 Å². The van der Waals surface area contributed by atoms with E-state index < -0.39 is 18.2 Å². The SMILES string of the molecule is CCCCCCC(O)C#C[C@@H]1[C@H]2C/C(=C\CCC(=O)O)[C@H]2CC[C@H]1O. The summed E-state index contributed by atoms with van der Waals surface area (Å²) in [7, 11) is 0. The number of carbonyl (C=O) groups is 1. The molecule has 0 spiro atoms. The van der Waals surface area contributed by atoms with Crippen molar-refractivity contribution in [2.45, 2.75) is 83.3 Å². The molecule has 0 heterocycles. The number of allylic oxidation sites excluding steroid dienone is 2. The van der Waals surface area contributed by atoms with Gasteiger partial charge in [-0.3, -0.25) is 4.79 Å². The summed E-state index contributed by atoms with van der Waals surface area (Å²) in [5.74, 6) is 6.12. The van der Waals surface area contributed by atoms with Crippen LogP contribution in [0.15, 0.2) is 11.6 Å². The predicted octanol–water partition coefficient (Wildman–Crippen LogP) is 3.52. The highest BCUT2D eigenvalue weighted by Crippen LogP contribution is 2.51. The first kappa shape index (κ1) is 20.0. The summed E-state index contributed by atoms with van der Waals surface area (Å²) in [6.07, 6.45) is 9.68. The molecule has 0 bridgehead atoms. The maximum atomic E-state index is 10.6. The molecule has 0 radical (unpaired) electrons. The lowest BCUT2D eigenvalue weighted by Crippen LogP contribution is -2.44. The van der Waals surface area contributed by atoms with Crippen LogP contribution < -0.4 is 0 Å². The van der Waals surface area contributed by atoms with Crippen molar-refractivity contribution in [2.24, 2.45) is 17.8 Å². The van der Waals surface area contributed by atoms with Crippen LogP contribution in [0.4, 0.5) is 0 Å². The van der Waals surface area contributed by atoms with Crippen molar-refractivity contribution in [3.8, 4) is 11.8 Å². The van der Waals surface area contributed by atoms with Gasteiger partial charge in [-0.1, -0.05) is 49.7 Å². The monoisotopic (exact) mass is 348 g/mol. The molecule has 0 aromatic carbocycles. The Hall–Kier alpha value is -1.31. The molecule has 140 valence electrons. The molecular formula is C21H32O4. The van der Waals surface area contributed by atoms with E-state index in [2.05, 4.69) is 24.8 Å². The number of hydrogen-bond donors (Lipinski definition) is 3. The molecule has 0 aromatic rings. The lowest BCUT2D eigenvalue weighted by atomic mass is 9.57. The molecule has 0 saturated heterocycles. The molecule has 2 rings (SSSR count). The largest absolute Gasteiger partial charge is 0.481 e. The molecule has 0 aromatic heterocycles. The topological polar surface area (TPSA) is 77.8 Å². The van der Waals surface area contributed by atoms with Crippen LogP contribution in [0.3, 0.4) is 0 Å². The van der Waals surface area contributed by atoms with Gasteiger partial charge in [0.15, 0.2) is 0 Å². The van der Waals surface area contributed by atoms with E-state index in [0.717, 1.165) is 32.1 Å². The first-order valence-corrected chi connectivity index (χ1v) is 9.80. The van der Waals surface area contributed by atoms with E-state index in [0.29, 0.717) is 24.7 Å². The number of carboxylic acid groups (broad SMARTS) is 1. The fraction of sp³-hybridized carbons (Fsp3) is 0.762. The minimum absolute atomic E-state index is 0.0549. The number of unbranched alkanes of at least 4 members (excludes halogenated alkanes) is 3. The average molecular weight is 348 g/mol. The molecule has 4 nitrogen and oxygen atoms in total. The molecule has 2 fully saturated rings. The first-order chi connectivity index (χ1) is 12.0. The number of aliphatic hydroxyl groups is 2. The molecule has 2 saturated carbocycles. The van der Waals surface area contributed by atoms with Gasteiger partial charge in [-0.25, -0.2) is 0 Å². The average Bonchev–Trinajstić information content (AvgIpc) is 2.55. The zero-order valence-electron chi connectivity index (χ0n) is 15.3. The standard InChI is InChI=1S/C21H32O4/c1-2-3-4-5-8-16(22)10-11-18-19-14-15(7-6-9-21(24)25)17(19)12-13-20(18)23/h7,16-20,22-23H,2-6,8-9,12-14H2,1H3,(H,24,25)/b15-7+/t16?,17-,18-,19+,20-/m1/s1. The van der Waals surface area contributed by atoms with Gasteiger partial charge in [0.05, 0.1) is 12.0 Å². The van der Waals surface area contributed by atoms with Crippen LogP contribution >= 0.6 is 0 Å².